The average molecular weight is 2040 g/mol. The third-order valence-electron chi connectivity index (χ3n) is 18.0. The van der Waals surface area contributed by atoms with Gasteiger partial charge in [0.1, 0.15) is 47.6 Å². The van der Waals surface area contributed by atoms with Gasteiger partial charge in [-0.15, -0.1) is 32.1 Å². The summed E-state index contributed by atoms with van der Waals surface area (Å²) in [5, 5.41) is 115. The number of benzene rings is 6. The molecule has 0 aliphatic heterocycles. The Kier molecular flexibility index (Phi) is 79.4. The van der Waals surface area contributed by atoms with Gasteiger partial charge in [0, 0.05) is 70.8 Å². The van der Waals surface area contributed by atoms with Crippen molar-refractivity contribution >= 4 is 101 Å². The van der Waals surface area contributed by atoms with Crippen molar-refractivity contribution in [1.82, 2.24) is 0 Å². The highest BCUT2D eigenvalue weighted by Gasteiger charge is 2.58. The number of aryl methyl sites for hydroxylation is 2. The molecule has 0 amide bonds. The van der Waals surface area contributed by atoms with Gasteiger partial charge in [0.2, 0.25) is 0 Å². The Bertz CT molecular complexity index is 4810. The van der Waals surface area contributed by atoms with Crippen LogP contribution in [0.3, 0.4) is 0 Å². The summed E-state index contributed by atoms with van der Waals surface area (Å²) in [6.07, 6.45) is 16.6. The standard InChI is InChI=1S/C15H12O2.C11H14O3.3C11H14O2.C8H14O3.C7H10O3.C6H10O3.2C5H8O2.C5H6O2.C4H3F5O2.C4H6O2.C3H6O3/c16-15(17)9-14-12-7-3-1-5-10(12)11-6-2-4-8-13(11)14;1-11(2,3)14-9-6-4-8(5-7-9)10(12)13;1-11(2,3)9-6-4-8(5-7-9)10(12)13;1-2-3-4-9-5-7-10(8-6-9)11(12)13;12-11(13)9-5-4-8-10-6-2-1-3-7-10;1-7(9)5-3-2-4-6-8(10)11;8-6-4-2-1-3-5(6)7(9)10;1-5(7)3-2-4-6(8)9;3*1-2-3-4-5(6)7;5-3(6,1-2(10)11)4(7,8)9;1-2-3-4(5)6;1-6-2-3(4)5/h1-8,14H,9H2,(H,16,17);4-7H,1-3H3,(H,12,13);4-7H,1-3H3,(H,12,13);5-8H,2-4H2,1H3,(H,12,13);1-3,6-7H,4-5,8-9H2,(H,12,13);2-6H2,1H3,(H,10,11);5H,1-4H2,(H,9,10);2-4H2,1H3,(H,8,9);2*2H,1,3-4H2,(H,6,7);1H,3-4H2,(H,6,7);1H2,(H,10,11);2H,1,3H2,(H,5,6);2H2,1H3,(H,4,5). The molecule has 0 bridgehead atoms. The molecule has 8 rings (SSSR count). The number of fused-ring (bicyclic) bond motifs is 3. The number of allylic oxidation sites excluding steroid dienone is 2. The van der Waals surface area contributed by atoms with Gasteiger partial charge in [-0.3, -0.25) is 52.7 Å². The molecule has 38 heteroatoms. The first-order chi connectivity index (χ1) is 67.1. The Balaban J connectivity index is -0.000000360. The molecule has 0 aromatic heterocycles. The monoisotopic (exact) mass is 2030 g/mol. The van der Waals surface area contributed by atoms with Gasteiger partial charge in [-0.2, -0.15) is 22.0 Å². The molecule has 33 nitrogen and oxygen atoms in total. The van der Waals surface area contributed by atoms with Crippen molar-refractivity contribution in [2.75, 3.05) is 13.7 Å². The van der Waals surface area contributed by atoms with Crippen molar-refractivity contribution < 1.29 is 184 Å². The zero-order chi connectivity index (χ0) is 112. The van der Waals surface area contributed by atoms with E-state index in [0.29, 0.717) is 74.7 Å². The molecule has 0 radical (unpaired) electrons. The number of alkyl halides is 5. The minimum absolute atomic E-state index is 0.0000926. The lowest BCUT2D eigenvalue weighted by atomic mass is 9.87. The highest BCUT2D eigenvalue weighted by atomic mass is 19.4. The van der Waals surface area contributed by atoms with Gasteiger partial charge >= 0.3 is 95.7 Å². The predicted molar refractivity (Wildman–Crippen MR) is 529 cm³/mol. The number of terminal acetylenes is 1. The van der Waals surface area contributed by atoms with Crippen LogP contribution in [-0.4, -0.2) is 204 Å². The molecule has 0 saturated heterocycles. The summed E-state index contributed by atoms with van der Waals surface area (Å²) in [4.78, 5) is 172. The van der Waals surface area contributed by atoms with Gasteiger partial charge in [0.05, 0.1) is 36.0 Å². The van der Waals surface area contributed by atoms with Crippen LogP contribution in [-0.2, 0) is 90.1 Å². The van der Waals surface area contributed by atoms with Crippen LogP contribution in [0.1, 0.15) is 294 Å². The van der Waals surface area contributed by atoms with Crippen LogP contribution < -0.4 is 4.74 Å². The number of ether oxygens (including phenoxy) is 2. The normalized spacial score (nSPS) is 11.3. The summed E-state index contributed by atoms with van der Waals surface area (Å²) < 4.78 is 66.6. The van der Waals surface area contributed by atoms with Crippen molar-refractivity contribution in [3.8, 4) is 29.2 Å². The first-order valence-corrected chi connectivity index (χ1v) is 45.1. The van der Waals surface area contributed by atoms with E-state index in [9.17, 15) is 103 Å². The van der Waals surface area contributed by atoms with Crippen LogP contribution in [0.5, 0.6) is 5.75 Å². The fraction of sp³-hybridized carbons (Fsp3) is 0.425. The van der Waals surface area contributed by atoms with Crippen LogP contribution in [0, 0.1) is 18.3 Å². The number of carboxylic acids is 14. The number of methoxy groups -OCH3 is 1. The second kappa shape index (κ2) is 81.8. The number of carbonyl (C=O) groups is 17. The maximum Gasteiger partial charge on any atom is 0.453 e. The van der Waals surface area contributed by atoms with Gasteiger partial charge in [0.15, 0.2) is 0 Å². The van der Waals surface area contributed by atoms with E-state index in [0.717, 1.165) is 74.5 Å². The minimum atomic E-state index is -5.79. The molecule has 0 spiro atoms. The topological polar surface area (TPSA) is 592 Å². The van der Waals surface area contributed by atoms with E-state index in [1.54, 1.807) is 55.5 Å². The summed E-state index contributed by atoms with van der Waals surface area (Å²) in [6, 6.07) is 46.8. The Hall–Kier alpha value is -14.9. The largest absolute Gasteiger partial charge is 0.488 e. The van der Waals surface area contributed by atoms with Gasteiger partial charge in [-0.1, -0.05) is 168 Å². The first kappa shape index (κ1) is 140. The minimum Gasteiger partial charge on any atom is -0.488 e. The fourth-order valence-corrected chi connectivity index (χ4v) is 11.0. The molecule has 1 atom stereocenters. The summed E-state index contributed by atoms with van der Waals surface area (Å²) in [6.45, 7) is 27.0. The van der Waals surface area contributed by atoms with E-state index in [-0.39, 0.29) is 97.8 Å². The lowest BCUT2D eigenvalue weighted by Gasteiger charge is -2.21. The van der Waals surface area contributed by atoms with E-state index >= 15 is 0 Å². The molecule has 6 aromatic carbocycles. The number of Topliss-reactive ketones (excluding diaryl/α,β-unsaturated/α-hetero) is 3. The zero-order valence-corrected chi connectivity index (χ0v) is 82.9. The third kappa shape index (κ3) is 82.9. The lowest BCUT2D eigenvalue weighted by Crippen LogP contribution is -2.38. The Labute approximate surface area is 835 Å². The average Bonchev–Trinajstić information content (AvgIpc) is 1.61. The number of hydrogen-bond donors (Lipinski definition) is 14. The van der Waals surface area contributed by atoms with Crippen molar-refractivity contribution in [1.29, 1.82) is 0 Å². The summed E-state index contributed by atoms with van der Waals surface area (Å²) in [5.41, 5.74) is 9.06. The van der Waals surface area contributed by atoms with Crippen LogP contribution in [0.4, 0.5) is 22.0 Å². The second-order valence-corrected chi connectivity index (χ2v) is 32.9. The molecule has 1 unspecified atom stereocenters. The molecule has 6 aromatic rings. The molecule has 0 heterocycles. The molecule has 1 fully saturated rings. The number of carbonyl (C=O) groups excluding carboxylic acids is 3. The quantitative estimate of drug-likeness (QED) is 0.00560. The van der Waals surface area contributed by atoms with Crippen LogP contribution >= 0.6 is 0 Å². The number of unbranched alkanes of at least 4 members (excludes halogenated alkanes) is 4. The van der Waals surface area contributed by atoms with Gasteiger partial charge < -0.3 is 90.6 Å². The van der Waals surface area contributed by atoms with E-state index in [1.165, 1.54) is 60.9 Å². The van der Waals surface area contributed by atoms with Gasteiger partial charge in [-0.05, 0) is 205 Å². The molecule has 2 aliphatic carbocycles. The number of halogens is 5. The molecule has 144 heavy (non-hydrogen) atoms. The smallest absolute Gasteiger partial charge is 0.453 e. The summed E-state index contributed by atoms with van der Waals surface area (Å²) in [7, 11) is 1.34. The lowest BCUT2D eigenvalue weighted by molar-refractivity contribution is -0.283. The maximum atomic E-state index is 11.7. The number of hydrogen-bond acceptors (Lipinski definition) is 19. The zero-order valence-electron chi connectivity index (χ0n) is 82.9. The number of aromatic carboxylic acids is 3. The highest BCUT2D eigenvalue weighted by molar-refractivity contribution is 5.98. The van der Waals surface area contributed by atoms with Crippen molar-refractivity contribution in [2.24, 2.45) is 5.92 Å². The predicted octanol–water partition coefficient (Wildman–Crippen LogP) is 21.6. The van der Waals surface area contributed by atoms with Crippen LogP contribution in [0.25, 0.3) is 11.1 Å². The van der Waals surface area contributed by atoms with E-state index in [1.807, 2.05) is 99.6 Å². The van der Waals surface area contributed by atoms with Crippen LogP contribution in [0.15, 0.2) is 190 Å². The fourth-order valence-electron chi connectivity index (χ4n) is 11.0. The van der Waals surface area contributed by atoms with Gasteiger partial charge in [0.25, 0.3) is 0 Å². The number of aliphatic carboxylic acids is 11. The van der Waals surface area contributed by atoms with E-state index in [4.69, 9.17) is 82.7 Å². The molecular weight excluding hydrogens is 1900 g/mol. The van der Waals surface area contributed by atoms with Crippen molar-refractivity contribution in [3.63, 3.8) is 0 Å². The number of carboxylic acid groups (broad SMARTS) is 14. The van der Waals surface area contributed by atoms with Gasteiger partial charge in [-0.25, -0.2) is 19.2 Å². The summed E-state index contributed by atoms with van der Waals surface area (Å²) in [5.74, 6) is -15.8. The first-order valence-electron chi connectivity index (χ1n) is 45.1. The van der Waals surface area contributed by atoms with E-state index in [2.05, 4.69) is 82.4 Å². The second-order valence-electron chi connectivity index (χ2n) is 32.9. The third-order valence-corrected chi connectivity index (χ3v) is 18.0. The molecule has 796 valence electrons. The van der Waals surface area contributed by atoms with Crippen molar-refractivity contribution in [3.05, 3.63) is 234 Å². The van der Waals surface area contributed by atoms with Crippen molar-refractivity contribution in [2.45, 2.75) is 271 Å². The summed E-state index contributed by atoms with van der Waals surface area (Å²) >= 11 is 0. The number of ketones is 3. The highest BCUT2D eigenvalue weighted by Crippen LogP contribution is 2.46. The Morgan fingerprint density at radius 3 is 1.12 bits per heavy atom. The molecule has 14 N–H and O–H groups in total. The maximum absolute atomic E-state index is 11.7. The Morgan fingerprint density at radius 2 is 0.819 bits per heavy atom. The molecule has 2 aliphatic rings. The number of rotatable bonds is 39. The molecule has 1 saturated carbocycles. The van der Waals surface area contributed by atoms with Crippen LogP contribution in [0.2, 0.25) is 0 Å². The Morgan fingerprint density at radius 1 is 0.431 bits per heavy atom. The SMILES string of the molecule is C#CCCC(=O)O.C=CCC(=O)O.C=CCCC(=O)O.C=CCCC(=O)O.CC(=O)CCCC(=O)O.CC(=O)CCCCCC(=O)O.CC(C)(C)Oc1ccc(C(=O)O)cc1.CC(C)(C)c1ccc(C(=O)O)cc1.CCCCc1ccc(C(=O)O)cc1.COCC(=O)O.O=C(O)C1CCCCC1=O.O=C(O)CC(F)(F)C(F)(F)F.O=C(O)CC1c2ccccc2-c2ccccc21.O=C(O)CCCCc1ccccc1. The van der Waals surface area contributed by atoms with E-state index < -0.39 is 108 Å². The molecular formula is C106H139F5O33.